The van der Waals surface area contributed by atoms with Crippen molar-refractivity contribution in [2.75, 3.05) is 31.1 Å². The van der Waals surface area contributed by atoms with Crippen LogP contribution in [-0.4, -0.2) is 31.3 Å². The minimum atomic E-state index is 0.341. The molecule has 2 N–H and O–H groups in total. The third-order valence-electron chi connectivity index (χ3n) is 4.58. The molecule has 1 aliphatic heterocycles. The molecule has 3 heteroatoms. The first-order valence-corrected chi connectivity index (χ1v) is 8.47. The number of piperidine rings is 1. The Balaban J connectivity index is 1.95. The van der Waals surface area contributed by atoms with Crippen molar-refractivity contribution in [3.05, 3.63) is 29.8 Å². The summed E-state index contributed by atoms with van der Waals surface area (Å²) >= 11 is 0. The highest BCUT2D eigenvalue weighted by atomic mass is 16.3. The van der Waals surface area contributed by atoms with Crippen molar-refractivity contribution in [2.45, 2.75) is 45.6 Å². The number of nitrogens with zero attached hydrogens (tertiary/aromatic N) is 1. The number of aliphatic hydroxyl groups excluding tert-OH is 1. The van der Waals surface area contributed by atoms with Crippen LogP contribution in [0.2, 0.25) is 0 Å². The van der Waals surface area contributed by atoms with Crippen LogP contribution in [0, 0.1) is 5.92 Å². The minimum Gasteiger partial charge on any atom is -0.396 e. The third kappa shape index (κ3) is 4.45. The monoisotopic (exact) mass is 290 g/mol. The van der Waals surface area contributed by atoms with Gasteiger partial charge in [-0.3, -0.25) is 0 Å². The standard InChI is InChI=1S/C18H30N2O/c1-3-11-19-18(4-2)16-5-7-17(8-6-16)20-12-9-15(14-21)10-13-20/h5-8,15,18-19,21H,3-4,9-14H2,1-2H3. The molecule has 0 aromatic heterocycles. The van der Waals surface area contributed by atoms with Gasteiger partial charge in [-0.1, -0.05) is 26.0 Å². The summed E-state index contributed by atoms with van der Waals surface area (Å²) in [5.74, 6) is 0.503. The van der Waals surface area contributed by atoms with Gasteiger partial charge in [-0.15, -0.1) is 0 Å². The molecule has 1 aliphatic rings. The molecular formula is C18H30N2O. The van der Waals surface area contributed by atoms with Crippen LogP contribution >= 0.6 is 0 Å². The maximum atomic E-state index is 9.22. The molecule has 1 unspecified atom stereocenters. The highest BCUT2D eigenvalue weighted by molar-refractivity contribution is 5.48. The van der Waals surface area contributed by atoms with Crippen molar-refractivity contribution in [3.8, 4) is 0 Å². The number of aliphatic hydroxyl groups is 1. The fourth-order valence-electron chi connectivity index (χ4n) is 3.11. The summed E-state index contributed by atoms with van der Waals surface area (Å²) in [6, 6.07) is 9.52. The number of benzene rings is 1. The van der Waals surface area contributed by atoms with Crippen LogP contribution in [0.15, 0.2) is 24.3 Å². The van der Waals surface area contributed by atoms with Gasteiger partial charge in [-0.25, -0.2) is 0 Å². The lowest BCUT2D eigenvalue weighted by Gasteiger charge is -2.33. The van der Waals surface area contributed by atoms with E-state index in [2.05, 4.69) is 48.3 Å². The highest BCUT2D eigenvalue weighted by Crippen LogP contribution is 2.25. The first kappa shape index (κ1) is 16.3. The molecule has 1 atom stereocenters. The van der Waals surface area contributed by atoms with Crippen LogP contribution in [0.3, 0.4) is 0 Å². The molecule has 1 saturated heterocycles. The average Bonchev–Trinajstić information content (AvgIpc) is 2.56. The maximum Gasteiger partial charge on any atom is 0.0460 e. The Morgan fingerprint density at radius 1 is 1.19 bits per heavy atom. The van der Waals surface area contributed by atoms with Gasteiger partial charge in [0.15, 0.2) is 0 Å². The number of hydrogen-bond acceptors (Lipinski definition) is 3. The van der Waals surface area contributed by atoms with E-state index in [9.17, 15) is 5.11 Å². The van der Waals surface area contributed by atoms with Gasteiger partial charge in [-0.2, -0.15) is 0 Å². The second kappa shape index (κ2) is 8.40. The fourth-order valence-corrected chi connectivity index (χ4v) is 3.11. The molecule has 1 heterocycles. The van der Waals surface area contributed by atoms with E-state index in [0.29, 0.717) is 18.6 Å². The molecule has 0 radical (unpaired) electrons. The lowest BCUT2D eigenvalue weighted by Crippen LogP contribution is -2.34. The molecule has 0 saturated carbocycles. The van der Waals surface area contributed by atoms with E-state index >= 15 is 0 Å². The highest BCUT2D eigenvalue weighted by Gasteiger charge is 2.18. The van der Waals surface area contributed by atoms with E-state index in [4.69, 9.17) is 0 Å². The van der Waals surface area contributed by atoms with Gasteiger partial charge >= 0.3 is 0 Å². The van der Waals surface area contributed by atoms with E-state index in [-0.39, 0.29) is 0 Å². The fraction of sp³-hybridized carbons (Fsp3) is 0.667. The van der Waals surface area contributed by atoms with Crippen molar-refractivity contribution in [1.82, 2.24) is 5.32 Å². The first-order chi connectivity index (χ1) is 10.3. The Hall–Kier alpha value is -1.06. The quantitative estimate of drug-likeness (QED) is 0.808. The van der Waals surface area contributed by atoms with Gasteiger partial charge in [-0.05, 0) is 55.8 Å². The van der Waals surface area contributed by atoms with E-state index in [1.165, 1.54) is 17.7 Å². The first-order valence-electron chi connectivity index (χ1n) is 8.47. The van der Waals surface area contributed by atoms with Gasteiger partial charge in [0.25, 0.3) is 0 Å². The van der Waals surface area contributed by atoms with Crippen molar-refractivity contribution in [3.63, 3.8) is 0 Å². The largest absolute Gasteiger partial charge is 0.396 e. The summed E-state index contributed by atoms with van der Waals surface area (Å²) in [5.41, 5.74) is 2.71. The normalized spacial score (nSPS) is 18.0. The molecule has 0 aliphatic carbocycles. The molecule has 118 valence electrons. The third-order valence-corrected chi connectivity index (χ3v) is 4.58. The summed E-state index contributed by atoms with van der Waals surface area (Å²) in [6.07, 6.45) is 4.51. The van der Waals surface area contributed by atoms with Gasteiger partial charge in [0, 0.05) is 31.4 Å². The summed E-state index contributed by atoms with van der Waals surface area (Å²) in [4.78, 5) is 2.44. The minimum absolute atomic E-state index is 0.341. The number of nitrogens with one attached hydrogen (secondary N) is 1. The zero-order valence-corrected chi connectivity index (χ0v) is 13.5. The maximum absolute atomic E-state index is 9.22. The van der Waals surface area contributed by atoms with E-state index in [1.54, 1.807) is 0 Å². The van der Waals surface area contributed by atoms with E-state index in [1.807, 2.05) is 0 Å². The van der Waals surface area contributed by atoms with E-state index < -0.39 is 0 Å². The summed E-state index contributed by atoms with van der Waals surface area (Å²) < 4.78 is 0. The Labute approximate surface area is 129 Å². The van der Waals surface area contributed by atoms with Crippen LogP contribution in [0.1, 0.15) is 51.1 Å². The molecule has 2 rings (SSSR count). The van der Waals surface area contributed by atoms with Crippen molar-refractivity contribution < 1.29 is 5.11 Å². The topological polar surface area (TPSA) is 35.5 Å². The Kier molecular flexibility index (Phi) is 6.52. The predicted octanol–water partition coefficient (Wildman–Crippen LogP) is 3.35. The van der Waals surface area contributed by atoms with Crippen LogP contribution in [0.25, 0.3) is 0 Å². The molecule has 1 aromatic carbocycles. The summed E-state index contributed by atoms with van der Waals surface area (Å²) in [5, 5.41) is 12.8. The lowest BCUT2D eigenvalue weighted by molar-refractivity contribution is 0.203. The Morgan fingerprint density at radius 3 is 2.38 bits per heavy atom. The van der Waals surface area contributed by atoms with Crippen LogP contribution in [0.4, 0.5) is 5.69 Å². The van der Waals surface area contributed by atoms with Crippen LogP contribution < -0.4 is 10.2 Å². The van der Waals surface area contributed by atoms with Crippen molar-refractivity contribution in [2.24, 2.45) is 5.92 Å². The van der Waals surface area contributed by atoms with Crippen molar-refractivity contribution >= 4 is 5.69 Å². The molecule has 0 amide bonds. The van der Waals surface area contributed by atoms with Gasteiger partial charge in [0.1, 0.15) is 0 Å². The summed E-state index contributed by atoms with van der Waals surface area (Å²) in [7, 11) is 0. The number of rotatable bonds is 7. The van der Waals surface area contributed by atoms with Crippen LogP contribution in [-0.2, 0) is 0 Å². The number of anilines is 1. The van der Waals surface area contributed by atoms with Gasteiger partial charge in [0.2, 0.25) is 0 Å². The SMILES string of the molecule is CCCNC(CC)c1ccc(N2CCC(CO)CC2)cc1. The molecule has 1 fully saturated rings. The predicted molar refractivity (Wildman–Crippen MR) is 89.8 cm³/mol. The molecule has 1 aromatic rings. The zero-order valence-electron chi connectivity index (χ0n) is 13.5. The molecular weight excluding hydrogens is 260 g/mol. The number of hydrogen-bond donors (Lipinski definition) is 2. The molecule has 21 heavy (non-hydrogen) atoms. The summed E-state index contributed by atoms with van der Waals surface area (Å²) in [6.45, 7) is 7.99. The average molecular weight is 290 g/mol. The lowest BCUT2D eigenvalue weighted by atomic mass is 9.97. The van der Waals surface area contributed by atoms with Crippen LogP contribution in [0.5, 0.6) is 0 Å². The molecule has 0 bridgehead atoms. The molecule has 3 nitrogen and oxygen atoms in total. The smallest absolute Gasteiger partial charge is 0.0460 e. The molecule has 0 spiro atoms. The van der Waals surface area contributed by atoms with Crippen molar-refractivity contribution in [1.29, 1.82) is 0 Å². The van der Waals surface area contributed by atoms with Gasteiger partial charge < -0.3 is 15.3 Å². The Bertz CT molecular complexity index is 396. The second-order valence-electron chi connectivity index (χ2n) is 6.12. The Morgan fingerprint density at radius 2 is 1.86 bits per heavy atom. The van der Waals surface area contributed by atoms with E-state index in [0.717, 1.165) is 38.9 Å². The zero-order chi connectivity index (χ0) is 15.1. The van der Waals surface area contributed by atoms with Gasteiger partial charge in [0.05, 0.1) is 0 Å². The second-order valence-corrected chi connectivity index (χ2v) is 6.12.